The number of hydrogen-bond acceptors (Lipinski definition) is 4. The van der Waals surface area contributed by atoms with Crippen molar-refractivity contribution in [2.45, 2.75) is 32.8 Å². The molecule has 5 nitrogen and oxygen atoms in total. The number of nitrogens with one attached hydrogen (secondary N) is 1. The summed E-state index contributed by atoms with van der Waals surface area (Å²) in [5.74, 6) is 1.11. The number of fused-ring (bicyclic) bond motifs is 1. The van der Waals surface area contributed by atoms with Crippen molar-refractivity contribution in [3.05, 3.63) is 24.3 Å². The summed E-state index contributed by atoms with van der Waals surface area (Å²) in [5.41, 5.74) is -0.0498. The summed E-state index contributed by atoms with van der Waals surface area (Å²) < 4.78 is 11.2. The van der Waals surface area contributed by atoms with E-state index in [-0.39, 0.29) is 24.5 Å². The molecule has 1 atom stereocenters. The second kappa shape index (κ2) is 6.80. The molecule has 21 heavy (non-hydrogen) atoms. The molecular formula is C16H23NO4. The van der Waals surface area contributed by atoms with Crippen LogP contribution in [0.15, 0.2) is 24.3 Å². The molecule has 0 spiro atoms. The fraction of sp³-hybridized carbons (Fsp3) is 0.562. The van der Waals surface area contributed by atoms with Crippen molar-refractivity contribution in [3.8, 4) is 11.5 Å². The minimum Gasteiger partial charge on any atom is -0.485 e. The molecule has 1 amide bonds. The van der Waals surface area contributed by atoms with Crippen molar-refractivity contribution in [1.29, 1.82) is 0 Å². The van der Waals surface area contributed by atoms with Crippen molar-refractivity contribution < 1.29 is 19.4 Å². The van der Waals surface area contributed by atoms with Crippen molar-refractivity contribution >= 4 is 5.91 Å². The standard InChI is InChI=1S/C16H23NO4/c1-16(2,8-5-9-18)11-17-15(19)14-10-20-12-6-3-4-7-13(12)21-14/h3-4,6-7,14,18H,5,8-11H2,1-2H3,(H,17,19). The number of benzene rings is 1. The number of rotatable bonds is 6. The van der Waals surface area contributed by atoms with E-state index in [4.69, 9.17) is 14.6 Å². The highest BCUT2D eigenvalue weighted by atomic mass is 16.6. The van der Waals surface area contributed by atoms with E-state index in [2.05, 4.69) is 19.2 Å². The van der Waals surface area contributed by atoms with Crippen LogP contribution in [0.5, 0.6) is 11.5 Å². The second-order valence-electron chi connectivity index (χ2n) is 6.07. The monoisotopic (exact) mass is 293 g/mol. The van der Waals surface area contributed by atoms with Crippen LogP contribution in [-0.2, 0) is 4.79 Å². The zero-order valence-electron chi connectivity index (χ0n) is 12.6. The number of aliphatic hydroxyl groups is 1. The Balaban J connectivity index is 1.85. The SMILES string of the molecule is CC(C)(CCCO)CNC(=O)C1COc2ccccc2O1. The van der Waals surface area contributed by atoms with Crippen molar-refractivity contribution in [2.24, 2.45) is 5.41 Å². The molecule has 0 fully saturated rings. The fourth-order valence-corrected chi connectivity index (χ4v) is 2.23. The zero-order valence-corrected chi connectivity index (χ0v) is 12.6. The molecule has 0 aliphatic carbocycles. The van der Waals surface area contributed by atoms with Gasteiger partial charge >= 0.3 is 0 Å². The van der Waals surface area contributed by atoms with Crippen molar-refractivity contribution in [3.63, 3.8) is 0 Å². The Morgan fingerprint density at radius 1 is 1.38 bits per heavy atom. The quantitative estimate of drug-likeness (QED) is 0.838. The molecule has 1 aliphatic heterocycles. The topological polar surface area (TPSA) is 67.8 Å². The van der Waals surface area contributed by atoms with Crippen LogP contribution in [-0.4, -0.2) is 36.9 Å². The van der Waals surface area contributed by atoms with Crippen LogP contribution in [0.25, 0.3) is 0 Å². The normalized spacial score (nSPS) is 17.4. The highest BCUT2D eigenvalue weighted by Gasteiger charge is 2.28. The van der Waals surface area contributed by atoms with Gasteiger partial charge in [0.25, 0.3) is 5.91 Å². The molecule has 0 radical (unpaired) electrons. The number of hydrogen-bond donors (Lipinski definition) is 2. The predicted molar refractivity (Wildman–Crippen MR) is 79.5 cm³/mol. The third-order valence-electron chi connectivity index (χ3n) is 3.55. The fourth-order valence-electron chi connectivity index (χ4n) is 2.23. The van der Waals surface area contributed by atoms with E-state index in [9.17, 15) is 4.79 Å². The average molecular weight is 293 g/mol. The molecule has 0 bridgehead atoms. The number of para-hydroxylation sites is 2. The molecule has 5 heteroatoms. The number of amides is 1. The van der Waals surface area contributed by atoms with Crippen molar-refractivity contribution in [2.75, 3.05) is 19.8 Å². The van der Waals surface area contributed by atoms with Gasteiger partial charge in [0, 0.05) is 13.2 Å². The summed E-state index contributed by atoms with van der Waals surface area (Å²) in [4.78, 5) is 12.2. The summed E-state index contributed by atoms with van der Waals surface area (Å²) in [6.07, 6.45) is 0.974. The summed E-state index contributed by atoms with van der Waals surface area (Å²) in [7, 11) is 0. The lowest BCUT2D eigenvalue weighted by Crippen LogP contribution is -2.46. The third kappa shape index (κ3) is 4.36. The van der Waals surface area contributed by atoms with Gasteiger partial charge in [-0.05, 0) is 30.4 Å². The maximum atomic E-state index is 12.2. The molecule has 2 rings (SSSR count). The van der Waals surface area contributed by atoms with Crippen LogP contribution in [0.4, 0.5) is 0 Å². The van der Waals surface area contributed by atoms with Crippen LogP contribution in [0.2, 0.25) is 0 Å². The number of carbonyl (C=O) groups is 1. The first-order valence-electron chi connectivity index (χ1n) is 7.29. The molecule has 1 aromatic carbocycles. The van der Waals surface area contributed by atoms with E-state index in [0.717, 1.165) is 12.8 Å². The summed E-state index contributed by atoms with van der Waals surface area (Å²) in [5, 5.41) is 11.8. The van der Waals surface area contributed by atoms with Crippen LogP contribution < -0.4 is 14.8 Å². The van der Waals surface area contributed by atoms with Gasteiger partial charge < -0.3 is 19.9 Å². The van der Waals surface area contributed by atoms with E-state index in [1.165, 1.54) is 0 Å². The van der Waals surface area contributed by atoms with Crippen LogP contribution in [0, 0.1) is 5.41 Å². The molecule has 1 unspecified atom stereocenters. The maximum Gasteiger partial charge on any atom is 0.264 e. The first-order valence-corrected chi connectivity index (χ1v) is 7.29. The Hall–Kier alpha value is -1.75. The summed E-state index contributed by atoms with van der Waals surface area (Å²) in [6.45, 7) is 5.08. The van der Waals surface area contributed by atoms with Gasteiger partial charge in [0.1, 0.15) is 6.61 Å². The maximum absolute atomic E-state index is 12.2. The molecule has 1 aromatic rings. The Bertz CT molecular complexity index is 487. The van der Waals surface area contributed by atoms with Gasteiger partial charge in [-0.1, -0.05) is 26.0 Å². The van der Waals surface area contributed by atoms with Gasteiger partial charge in [-0.25, -0.2) is 0 Å². The highest BCUT2D eigenvalue weighted by molar-refractivity contribution is 5.81. The molecule has 116 valence electrons. The lowest BCUT2D eigenvalue weighted by molar-refractivity contribution is -0.130. The van der Waals surface area contributed by atoms with E-state index >= 15 is 0 Å². The Morgan fingerprint density at radius 3 is 2.81 bits per heavy atom. The first kappa shape index (κ1) is 15.6. The summed E-state index contributed by atoms with van der Waals surface area (Å²) in [6, 6.07) is 7.33. The molecule has 0 saturated heterocycles. The largest absolute Gasteiger partial charge is 0.485 e. The van der Waals surface area contributed by atoms with E-state index in [1.807, 2.05) is 18.2 Å². The van der Waals surface area contributed by atoms with Crippen LogP contribution in [0.1, 0.15) is 26.7 Å². The summed E-state index contributed by atoms with van der Waals surface area (Å²) >= 11 is 0. The van der Waals surface area contributed by atoms with Gasteiger partial charge in [-0.2, -0.15) is 0 Å². The minimum absolute atomic E-state index is 0.0498. The average Bonchev–Trinajstić information content (AvgIpc) is 2.50. The Kier molecular flexibility index (Phi) is 5.07. The third-order valence-corrected chi connectivity index (χ3v) is 3.55. The van der Waals surface area contributed by atoms with Crippen molar-refractivity contribution in [1.82, 2.24) is 5.32 Å². The molecule has 1 aliphatic rings. The lowest BCUT2D eigenvalue weighted by atomic mass is 9.88. The Labute approximate surface area is 125 Å². The van der Waals surface area contributed by atoms with E-state index < -0.39 is 6.10 Å². The molecule has 1 heterocycles. The number of aliphatic hydroxyl groups excluding tert-OH is 1. The van der Waals surface area contributed by atoms with Gasteiger partial charge in [0.2, 0.25) is 6.10 Å². The van der Waals surface area contributed by atoms with Crippen LogP contribution in [0.3, 0.4) is 0 Å². The predicted octanol–water partition coefficient (Wildman–Crippen LogP) is 1.74. The lowest BCUT2D eigenvalue weighted by Gasteiger charge is -2.28. The molecular weight excluding hydrogens is 270 g/mol. The van der Waals surface area contributed by atoms with E-state index in [1.54, 1.807) is 6.07 Å². The molecule has 0 saturated carbocycles. The number of carbonyl (C=O) groups excluding carboxylic acids is 1. The Morgan fingerprint density at radius 2 is 2.10 bits per heavy atom. The smallest absolute Gasteiger partial charge is 0.264 e. The molecule has 2 N–H and O–H groups in total. The van der Waals surface area contributed by atoms with Gasteiger partial charge in [0.15, 0.2) is 11.5 Å². The minimum atomic E-state index is -0.617. The van der Waals surface area contributed by atoms with Crippen LogP contribution >= 0.6 is 0 Å². The van der Waals surface area contributed by atoms with Gasteiger partial charge in [-0.3, -0.25) is 4.79 Å². The number of ether oxygens (including phenoxy) is 2. The second-order valence-corrected chi connectivity index (χ2v) is 6.07. The van der Waals surface area contributed by atoms with E-state index in [0.29, 0.717) is 18.0 Å². The van der Waals surface area contributed by atoms with Gasteiger partial charge in [-0.15, -0.1) is 0 Å². The van der Waals surface area contributed by atoms with Gasteiger partial charge in [0.05, 0.1) is 0 Å². The zero-order chi connectivity index (χ0) is 15.3. The highest BCUT2D eigenvalue weighted by Crippen LogP contribution is 2.31. The molecule has 0 aromatic heterocycles. The first-order chi connectivity index (χ1) is 10.0.